The molecule has 1 fully saturated rings. The quantitative estimate of drug-likeness (QED) is 0.625. The molecule has 0 aromatic heterocycles. The Labute approximate surface area is 62.4 Å². The summed E-state index contributed by atoms with van der Waals surface area (Å²) < 4.78 is 0. The highest BCUT2D eigenvalue weighted by Gasteiger charge is 2.20. The van der Waals surface area contributed by atoms with Gasteiger partial charge in [0.25, 0.3) is 0 Å². The van der Waals surface area contributed by atoms with E-state index in [-0.39, 0.29) is 5.25 Å². The average molecular weight is 164 g/mol. The first-order valence-corrected chi connectivity index (χ1v) is 4.93. The maximum Gasteiger partial charge on any atom is 0.317 e. The van der Waals surface area contributed by atoms with Gasteiger partial charge in [-0.05, 0) is 0 Å². The lowest BCUT2D eigenvalue weighted by Gasteiger charge is -2.15. The maximum atomic E-state index is 10.3. The van der Waals surface area contributed by atoms with Crippen molar-refractivity contribution in [3.05, 3.63) is 0 Å². The van der Waals surface area contributed by atoms with E-state index in [2.05, 4.69) is 0 Å². The molecule has 4 heteroatoms. The normalized spacial score (nSPS) is 27.8. The van der Waals surface area contributed by atoms with Crippen LogP contribution >= 0.6 is 23.5 Å². The molecule has 1 saturated heterocycles. The fourth-order valence-electron chi connectivity index (χ4n) is 0.630. The molecule has 9 heavy (non-hydrogen) atoms. The molecule has 1 aliphatic rings. The zero-order valence-corrected chi connectivity index (χ0v) is 6.50. The Morgan fingerprint density at radius 1 is 1.56 bits per heavy atom. The standard InChI is InChI=1S/C5H8O2S2/c6-5(7)4-3-8-1-2-9-4/h4H,1-3H2,(H,6,7)/t4-/m0/s1. The zero-order valence-electron chi connectivity index (χ0n) is 4.87. The minimum absolute atomic E-state index is 0.149. The van der Waals surface area contributed by atoms with Crippen LogP contribution in [0.4, 0.5) is 0 Å². The highest BCUT2D eigenvalue weighted by molar-refractivity contribution is 8.07. The van der Waals surface area contributed by atoms with Gasteiger partial charge in [0, 0.05) is 17.3 Å². The number of rotatable bonds is 1. The second-order valence-corrected chi connectivity index (χ2v) is 4.23. The van der Waals surface area contributed by atoms with Crippen molar-refractivity contribution in [1.29, 1.82) is 0 Å². The molecule has 1 heterocycles. The molecule has 2 nitrogen and oxygen atoms in total. The molecule has 0 spiro atoms. The summed E-state index contributed by atoms with van der Waals surface area (Å²) in [6, 6.07) is 0. The molecule has 1 N–H and O–H groups in total. The van der Waals surface area contributed by atoms with Crippen LogP contribution in [0.25, 0.3) is 0 Å². The van der Waals surface area contributed by atoms with E-state index in [0.29, 0.717) is 0 Å². The first kappa shape index (κ1) is 7.28. The summed E-state index contributed by atoms with van der Waals surface area (Å²) in [7, 11) is 0. The fourth-order valence-corrected chi connectivity index (χ4v) is 3.11. The summed E-state index contributed by atoms with van der Waals surface area (Å²) >= 11 is 3.28. The summed E-state index contributed by atoms with van der Waals surface area (Å²) in [6.07, 6.45) is 0. The van der Waals surface area contributed by atoms with Crippen LogP contribution in [0.1, 0.15) is 0 Å². The molecule has 0 bridgehead atoms. The molecular weight excluding hydrogens is 156 g/mol. The van der Waals surface area contributed by atoms with Crippen molar-refractivity contribution >= 4 is 29.5 Å². The van der Waals surface area contributed by atoms with Gasteiger partial charge in [0.1, 0.15) is 5.25 Å². The molecule has 0 aliphatic carbocycles. The van der Waals surface area contributed by atoms with E-state index in [1.807, 2.05) is 0 Å². The lowest BCUT2D eigenvalue weighted by atomic mass is 10.5. The highest BCUT2D eigenvalue weighted by atomic mass is 32.2. The SMILES string of the molecule is O=C(O)[C@@H]1CSCCS1. The van der Waals surface area contributed by atoms with Crippen LogP contribution in [0.3, 0.4) is 0 Å². The van der Waals surface area contributed by atoms with Crippen LogP contribution in [0, 0.1) is 0 Å². The molecule has 0 unspecified atom stereocenters. The molecular formula is C5H8O2S2. The smallest absolute Gasteiger partial charge is 0.317 e. The van der Waals surface area contributed by atoms with Crippen molar-refractivity contribution in [2.75, 3.05) is 17.3 Å². The van der Waals surface area contributed by atoms with Crippen LogP contribution in [-0.4, -0.2) is 33.6 Å². The van der Waals surface area contributed by atoms with Gasteiger partial charge in [-0.25, -0.2) is 0 Å². The summed E-state index contributed by atoms with van der Waals surface area (Å²) in [5, 5.41) is 8.35. The number of thioether (sulfide) groups is 2. The topological polar surface area (TPSA) is 37.3 Å². The van der Waals surface area contributed by atoms with Gasteiger partial charge >= 0.3 is 5.97 Å². The van der Waals surface area contributed by atoms with E-state index in [0.717, 1.165) is 17.3 Å². The predicted octanol–water partition coefficient (Wildman–Crippen LogP) is 0.920. The van der Waals surface area contributed by atoms with Gasteiger partial charge in [-0.1, -0.05) is 0 Å². The molecule has 0 radical (unpaired) electrons. The number of carboxylic acids is 1. The van der Waals surface area contributed by atoms with E-state index in [1.54, 1.807) is 23.5 Å². The maximum absolute atomic E-state index is 10.3. The van der Waals surface area contributed by atoms with Crippen LogP contribution in [0.15, 0.2) is 0 Å². The Balaban J connectivity index is 2.31. The monoisotopic (exact) mass is 164 g/mol. The first-order chi connectivity index (χ1) is 4.30. The third-order valence-electron chi connectivity index (χ3n) is 1.09. The van der Waals surface area contributed by atoms with Crippen molar-refractivity contribution in [3.63, 3.8) is 0 Å². The van der Waals surface area contributed by atoms with Crippen molar-refractivity contribution in [3.8, 4) is 0 Å². The van der Waals surface area contributed by atoms with E-state index in [4.69, 9.17) is 5.11 Å². The molecule has 1 atom stereocenters. The van der Waals surface area contributed by atoms with Crippen LogP contribution < -0.4 is 0 Å². The molecule has 1 aliphatic heterocycles. The highest BCUT2D eigenvalue weighted by Crippen LogP contribution is 2.23. The molecule has 0 aromatic carbocycles. The van der Waals surface area contributed by atoms with Crippen molar-refractivity contribution in [2.24, 2.45) is 0 Å². The first-order valence-electron chi connectivity index (χ1n) is 2.73. The second-order valence-electron chi connectivity index (χ2n) is 1.77. The van der Waals surface area contributed by atoms with E-state index >= 15 is 0 Å². The summed E-state index contributed by atoms with van der Waals surface area (Å²) in [4.78, 5) is 10.3. The predicted molar refractivity (Wildman–Crippen MR) is 41.2 cm³/mol. The van der Waals surface area contributed by atoms with Gasteiger partial charge in [-0.2, -0.15) is 11.8 Å². The van der Waals surface area contributed by atoms with E-state index in [1.165, 1.54) is 0 Å². The Kier molecular flexibility index (Phi) is 2.72. The van der Waals surface area contributed by atoms with Crippen LogP contribution in [0.5, 0.6) is 0 Å². The van der Waals surface area contributed by atoms with Gasteiger partial charge in [0.2, 0.25) is 0 Å². The van der Waals surface area contributed by atoms with Crippen molar-refractivity contribution in [1.82, 2.24) is 0 Å². The number of hydrogen-bond donors (Lipinski definition) is 1. The number of aliphatic carboxylic acids is 1. The molecule has 0 saturated carbocycles. The van der Waals surface area contributed by atoms with E-state index in [9.17, 15) is 4.79 Å². The molecule has 0 aromatic rings. The minimum Gasteiger partial charge on any atom is -0.480 e. The lowest BCUT2D eigenvalue weighted by molar-refractivity contribution is -0.135. The van der Waals surface area contributed by atoms with Crippen LogP contribution in [-0.2, 0) is 4.79 Å². The third kappa shape index (κ3) is 2.10. The molecule has 52 valence electrons. The number of carbonyl (C=O) groups is 1. The average Bonchev–Trinajstić information content (AvgIpc) is 1.90. The fraction of sp³-hybridized carbons (Fsp3) is 0.800. The lowest BCUT2D eigenvalue weighted by Crippen LogP contribution is -2.23. The minimum atomic E-state index is -0.660. The van der Waals surface area contributed by atoms with Gasteiger partial charge < -0.3 is 5.11 Å². The summed E-state index contributed by atoms with van der Waals surface area (Å²) in [5.74, 6) is 2.21. The molecule has 1 rings (SSSR count). The van der Waals surface area contributed by atoms with Gasteiger partial charge in [-0.15, -0.1) is 11.8 Å². The van der Waals surface area contributed by atoms with Crippen molar-refractivity contribution < 1.29 is 9.90 Å². The molecule has 0 amide bonds. The van der Waals surface area contributed by atoms with Crippen molar-refractivity contribution in [2.45, 2.75) is 5.25 Å². The Morgan fingerprint density at radius 2 is 2.33 bits per heavy atom. The summed E-state index contributed by atoms with van der Waals surface area (Å²) in [6.45, 7) is 0. The summed E-state index contributed by atoms with van der Waals surface area (Å²) in [5.41, 5.74) is 0. The third-order valence-corrected chi connectivity index (χ3v) is 3.83. The number of hydrogen-bond acceptors (Lipinski definition) is 3. The van der Waals surface area contributed by atoms with Crippen LogP contribution in [0.2, 0.25) is 0 Å². The van der Waals surface area contributed by atoms with Gasteiger partial charge in [0.15, 0.2) is 0 Å². The Morgan fingerprint density at radius 3 is 2.67 bits per heavy atom. The number of carboxylic acid groups (broad SMARTS) is 1. The Bertz CT molecular complexity index is 110. The zero-order chi connectivity index (χ0) is 6.69. The largest absolute Gasteiger partial charge is 0.480 e. The van der Waals surface area contributed by atoms with E-state index < -0.39 is 5.97 Å². The second kappa shape index (κ2) is 3.37. The van der Waals surface area contributed by atoms with Gasteiger partial charge in [0.05, 0.1) is 0 Å². The Hall–Kier alpha value is 0.170. The van der Waals surface area contributed by atoms with Gasteiger partial charge in [-0.3, -0.25) is 4.79 Å².